The molecule has 1 unspecified atom stereocenters. The van der Waals surface area contributed by atoms with Crippen LogP contribution in [0.1, 0.15) is 41.0 Å². The Morgan fingerprint density at radius 3 is 2.68 bits per heavy atom. The lowest BCUT2D eigenvalue weighted by Gasteiger charge is -2.27. The van der Waals surface area contributed by atoms with E-state index in [1.807, 2.05) is 20.8 Å². The number of aromatic nitrogens is 2. The first-order chi connectivity index (χ1) is 8.75. The van der Waals surface area contributed by atoms with Gasteiger partial charge in [-0.25, -0.2) is 4.98 Å². The molecule has 2 rings (SSSR count). The Bertz CT molecular complexity index is 520. The maximum absolute atomic E-state index is 12.2. The summed E-state index contributed by atoms with van der Waals surface area (Å²) in [6.07, 6.45) is 4.21. The topological polar surface area (TPSA) is 56.1 Å². The molecule has 0 spiro atoms. The summed E-state index contributed by atoms with van der Waals surface area (Å²) in [7, 11) is 0. The number of aryl methyl sites for hydroxylation is 1. The largest absolute Gasteiger partial charge is 0.367 e. The number of hydrogen-bond donors (Lipinski definition) is 1. The van der Waals surface area contributed by atoms with E-state index in [4.69, 9.17) is 4.74 Å². The van der Waals surface area contributed by atoms with Crippen molar-refractivity contribution in [1.82, 2.24) is 9.55 Å². The number of anilines is 1. The molecule has 0 radical (unpaired) electrons. The summed E-state index contributed by atoms with van der Waals surface area (Å²) in [4.78, 5) is 16.3. The van der Waals surface area contributed by atoms with Crippen molar-refractivity contribution in [3.8, 4) is 0 Å². The van der Waals surface area contributed by atoms with Gasteiger partial charge in [0.25, 0.3) is 5.56 Å². The Labute approximate surface area is 114 Å². The quantitative estimate of drug-likeness (QED) is 0.908. The molecule has 0 bridgehead atoms. The lowest BCUT2D eigenvalue weighted by Crippen LogP contribution is -2.40. The smallest absolute Gasteiger partial charge is 0.293 e. The maximum atomic E-state index is 12.2. The third-order valence-corrected chi connectivity index (χ3v) is 3.64. The molecule has 2 heterocycles. The van der Waals surface area contributed by atoms with E-state index in [0.29, 0.717) is 12.4 Å². The molecule has 1 aliphatic heterocycles. The van der Waals surface area contributed by atoms with E-state index >= 15 is 0 Å². The first kappa shape index (κ1) is 14.1. The molecule has 0 aliphatic carbocycles. The van der Waals surface area contributed by atoms with Crippen LogP contribution in [0.15, 0.2) is 17.2 Å². The van der Waals surface area contributed by atoms with Crippen molar-refractivity contribution < 1.29 is 4.74 Å². The molecule has 0 amide bonds. The highest BCUT2D eigenvalue weighted by Gasteiger charge is 2.46. The normalized spacial score (nSPS) is 24.4. The van der Waals surface area contributed by atoms with E-state index in [1.54, 1.807) is 17.0 Å². The second kappa shape index (κ2) is 4.63. The fourth-order valence-electron chi connectivity index (χ4n) is 2.75. The molecular weight excluding hydrogens is 242 g/mol. The minimum Gasteiger partial charge on any atom is -0.367 e. The lowest BCUT2D eigenvalue weighted by atomic mass is 9.94. The van der Waals surface area contributed by atoms with Gasteiger partial charge in [-0.2, -0.15) is 0 Å². The van der Waals surface area contributed by atoms with E-state index in [9.17, 15) is 4.79 Å². The Hall–Kier alpha value is -1.36. The summed E-state index contributed by atoms with van der Waals surface area (Å²) in [6.45, 7) is 10.8. The standard InChI is InChI=1S/C14H23N3O2/c1-6-17-8-7-15-11(12(17)18)16-10-9-13(2,3)19-14(10,4)5/h7-8,10H,6,9H2,1-5H3,(H,15,16). The lowest BCUT2D eigenvalue weighted by molar-refractivity contribution is -0.0662. The van der Waals surface area contributed by atoms with Crippen molar-refractivity contribution in [2.45, 2.75) is 64.8 Å². The van der Waals surface area contributed by atoms with Crippen LogP contribution >= 0.6 is 0 Å². The fraction of sp³-hybridized carbons (Fsp3) is 0.714. The predicted octanol–water partition coefficient (Wildman–Crippen LogP) is 2.02. The van der Waals surface area contributed by atoms with Gasteiger partial charge in [0, 0.05) is 18.9 Å². The van der Waals surface area contributed by atoms with Gasteiger partial charge < -0.3 is 14.6 Å². The molecule has 1 N–H and O–H groups in total. The Morgan fingerprint density at radius 1 is 1.47 bits per heavy atom. The number of rotatable bonds is 3. The van der Waals surface area contributed by atoms with Crippen molar-refractivity contribution in [2.75, 3.05) is 5.32 Å². The molecule has 5 nitrogen and oxygen atoms in total. The molecule has 1 saturated heterocycles. The van der Waals surface area contributed by atoms with Crippen molar-refractivity contribution >= 4 is 5.82 Å². The number of nitrogens with zero attached hydrogens (tertiary/aromatic N) is 2. The molecule has 1 aromatic heterocycles. The van der Waals surface area contributed by atoms with Crippen LogP contribution in [-0.4, -0.2) is 26.8 Å². The number of hydrogen-bond acceptors (Lipinski definition) is 4. The minimum atomic E-state index is -0.315. The van der Waals surface area contributed by atoms with Crippen molar-refractivity contribution in [3.05, 3.63) is 22.7 Å². The molecule has 1 aliphatic rings. The highest BCUT2D eigenvalue weighted by Crippen LogP contribution is 2.38. The molecule has 106 valence electrons. The van der Waals surface area contributed by atoms with Gasteiger partial charge >= 0.3 is 0 Å². The highest BCUT2D eigenvalue weighted by atomic mass is 16.5. The van der Waals surface area contributed by atoms with Gasteiger partial charge in [0.15, 0.2) is 5.82 Å². The third kappa shape index (κ3) is 2.81. The zero-order valence-electron chi connectivity index (χ0n) is 12.4. The zero-order valence-corrected chi connectivity index (χ0v) is 12.4. The number of nitrogens with one attached hydrogen (secondary N) is 1. The van der Waals surface area contributed by atoms with Gasteiger partial charge in [0.05, 0.1) is 17.2 Å². The van der Waals surface area contributed by atoms with Crippen LogP contribution in [0.25, 0.3) is 0 Å². The molecule has 5 heteroatoms. The van der Waals surface area contributed by atoms with Gasteiger partial charge in [-0.3, -0.25) is 4.79 Å². The van der Waals surface area contributed by atoms with Crippen molar-refractivity contribution in [1.29, 1.82) is 0 Å². The minimum absolute atomic E-state index is 0.0782. The van der Waals surface area contributed by atoms with E-state index in [-0.39, 0.29) is 22.8 Å². The summed E-state index contributed by atoms with van der Waals surface area (Å²) in [5.74, 6) is 0.406. The van der Waals surface area contributed by atoms with Gasteiger partial charge in [-0.15, -0.1) is 0 Å². The third-order valence-electron chi connectivity index (χ3n) is 3.64. The SMILES string of the molecule is CCn1ccnc(NC2CC(C)(C)OC2(C)C)c1=O. The van der Waals surface area contributed by atoms with Crippen LogP contribution in [0, 0.1) is 0 Å². The van der Waals surface area contributed by atoms with E-state index in [0.717, 1.165) is 6.42 Å². The van der Waals surface area contributed by atoms with E-state index < -0.39 is 0 Å². The molecule has 0 saturated carbocycles. The second-order valence-electron chi connectivity index (χ2n) is 6.23. The molecule has 1 fully saturated rings. The van der Waals surface area contributed by atoms with Crippen LogP contribution < -0.4 is 10.9 Å². The predicted molar refractivity (Wildman–Crippen MR) is 75.4 cm³/mol. The average molecular weight is 265 g/mol. The van der Waals surface area contributed by atoms with Gasteiger partial charge in [0.1, 0.15) is 0 Å². The summed E-state index contributed by atoms with van der Waals surface area (Å²) in [6, 6.07) is 0.0791. The molecule has 1 aromatic rings. The van der Waals surface area contributed by atoms with Crippen molar-refractivity contribution in [3.63, 3.8) is 0 Å². The van der Waals surface area contributed by atoms with Crippen LogP contribution in [0.5, 0.6) is 0 Å². The van der Waals surface area contributed by atoms with Gasteiger partial charge in [-0.05, 0) is 41.0 Å². The van der Waals surface area contributed by atoms with Crippen molar-refractivity contribution in [2.24, 2.45) is 0 Å². The molecule has 1 atom stereocenters. The average Bonchev–Trinajstić information content (AvgIpc) is 2.49. The highest BCUT2D eigenvalue weighted by molar-refractivity contribution is 5.34. The summed E-state index contributed by atoms with van der Waals surface area (Å²) in [5, 5.41) is 3.26. The van der Waals surface area contributed by atoms with Crippen LogP contribution in [0.3, 0.4) is 0 Å². The van der Waals surface area contributed by atoms with Crippen LogP contribution in [0.4, 0.5) is 5.82 Å². The van der Waals surface area contributed by atoms with E-state index in [1.165, 1.54) is 0 Å². The van der Waals surface area contributed by atoms with E-state index in [2.05, 4.69) is 24.1 Å². The van der Waals surface area contributed by atoms with Crippen LogP contribution in [-0.2, 0) is 11.3 Å². The first-order valence-corrected chi connectivity index (χ1v) is 6.77. The van der Waals surface area contributed by atoms with Gasteiger partial charge in [0.2, 0.25) is 0 Å². The zero-order chi connectivity index (χ0) is 14.3. The Balaban J connectivity index is 2.25. The first-order valence-electron chi connectivity index (χ1n) is 6.77. The molecular formula is C14H23N3O2. The molecule has 0 aromatic carbocycles. The second-order valence-corrected chi connectivity index (χ2v) is 6.23. The summed E-state index contributed by atoms with van der Waals surface area (Å²) >= 11 is 0. The Kier molecular flexibility index (Phi) is 3.43. The molecule has 19 heavy (non-hydrogen) atoms. The van der Waals surface area contributed by atoms with Crippen LogP contribution in [0.2, 0.25) is 0 Å². The summed E-state index contributed by atoms with van der Waals surface area (Å²) < 4.78 is 7.66. The Morgan fingerprint density at radius 2 is 2.16 bits per heavy atom. The monoisotopic (exact) mass is 265 g/mol. The fourth-order valence-corrected chi connectivity index (χ4v) is 2.75. The number of ether oxygens (including phenoxy) is 1. The summed E-state index contributed by atoms with van der Waals surface area (Å²) in [5.41, 5.74) is -0.574. The maximum Gasteiger partial charge on any atom is 0.293 e. The van der Waals surface area contributed by atoms with Gasteiger partial charge in [-0.1, -0.05) is 0 Å².